The predicted octanol–water partition coefficient (Wildman–Crippen LogP) is -2.50. The number of hydrogen-bond acceptors (Lipinski definition) is 3. The molecule has 0 spiro atoms. The van der Waals surface area contributed by atoms with Crippen LogP contribution in [0.5, 0.6) is 0 Å². The van der Waals surface area contributed by atoms with Crippen molar-refractivity contribution in [3.05, 3.63) is 0 Å². The zero-order valence-corrected chi connectivity index (χ0v) is 4.21. The van der Waals surface area contributed by atoms with Crippen molar-refractivity contribution in [2.24, 2.45) is 0 Å². The van der Waals surface area contributed by atoms with Gasteiger partial charge in [0, 0.05) is 0 Å². The Hall–Kier alpha value is 0.746. The van der Waals surface area contributed by atoms with E-state index in [1.807, 2.05) is 0 Å². The number of rotatable bonds is 0. The van der Waals surface area contributed by atoms with Crippen molar-refractivity contribution in [1.29, 1.82) is 0 Å². The zero-order valence-electron chi connectivity index (χ0n) is 1.95. The second-order valence-electron chi connectivity index (χ2n) is 0.204. The first-order valence-electron chi connectivity index (χ1n) is 0.500. The van der Waals surface area contributed by atoms with Crippen molar-refractivity contribution in [3.63, 3.8) is 0 Å². The van der Waals surface area contributed by atoms with Crippen LogP contribution in [0, 0.1) is 0 Å². The fourth-order valence-corrected chi connectivity index (χ4v) is 0. The molecule has 0 amide bonds. The summed E-state index contributed by atoms with van der Waals surface area (Å²) >= 11 is -3.79. The molecule has 0 bridgehead atoms. The van der Waals surface area contributed by atoms with Crippen LogP contribution in [-0.2, 0) is 35.0 Å². The normalized spacial score (nSPS) is 7.00. The third kappa shape index (κ3) is 64.3. The molecule has 34 valence electrons. The summed E-state index contributed by atoms with van der Waals surface area (Å²) in [5, 5.41) is 0. The Morgan fingerprint density at radius 3 is 1.40 bits per heavy atom. The van der Waals surface area contributed by atoms with Gasteiger partial charge in [-0.15, -0.1) is 0 Å². The molecule has 0 aromatic rings. The van der Waals surface area contributed by atoms with Gasteiger partial charge in [0.2, 0.25) is 0 Å². The van der Waals surface area contributed by atoms with Crippen LogP contribution in [0.4, 0.5) is 0 Å². The van der Waals surface area contributed by atoms with Crippen LogP contribution in [-0.4, -0.2) is 0 Å². The standard InChI is InChI=1S/Cr.Ni.3O/q;+2;;2*-1. The van der Waals surface area contributed by atoms with Crippen molar-refractivity contribution < 1.29 is 43.4 Å². The molecule has 5 heavy (non-hydrogen) atoms. The van der Waals surface area contributed by atoms with Gasteiger partial charge in [0.15, 0.2) is 0 Å². The van der Waals surface area contributed by atoms with Crippen LogP contribution < -0.4 is 8.32 Å². The Bertz CT molecular complexity index is 29.9. The van der Waals surface area contributed by atoms with Crippen LogP contribution >= 0.6 is 0 Å². The quantitative estimate of drug-likeness (QED) is 0.366. The van der Waals surface area contributed by atoms with Crippen LogP contribution in [0.15, 0.2) is 0 Å². The summed E-state index contributed by atoms with van der Waals surface area (Å²) in [4.78, 5) is 0. The van der Waals surface area contributed by atoms with Crippen LogP contribution in [0.25, 0.3) is 0 Å². The summed E-state index contributed by atoms with van der Waals surface area (Å²) in [6, 6.07) is 0. The maximum atomic E-state index is 8.54. The van der Waals surface area contributed by atoms with Gasteiger partial charge in [0.25, 0.3) is 0 Å². The van der Waals surface area contributed by atoms with Crippen molar-refractivity contribution in [2.75, 3.05) is 0 Å². The molecule has 0 fully saturated rings. The van der Waals surface area contributed by atoms with Crippen LogP contribution in [0.3, 0.4) is 0 Å². The summed E-state index contributed by atoms with van der Waals surface area (Å²) in [5.74, 6) is 0. The summed E-state index contributed by atoms with van der Waals surface area (Å²) in [5.41, 5.74) is 0. The Balaban J connectivity index is 0. The van der Waals surface area contributed by atoms with Gasteiger partial charge in [-0.2, -0.15) is 0 Å². The van der Waals surface area contributed by atoms with E-state index in [2.05, 4.69) is 0 Å². The van der Waals surface area contributed by atoms with Crippen molar-refractivity contribution in [3.8, 4) is 0 Å². The third-order valence-corrected chi connectivity index (χ3v) is 0. The molecule has 3 nitrogen and oxygen atoms in total. The van der Waals surface area contributed by atoms with Gasteiger partial charge >= 0.3 is 43.4 Å². The Morgan fingerprint density at radius 2 is 1.40 bits per heavy atom. The van der Waals surface area contributed by atoms with Crippen molar-refractivity contribution >= 4 is 0 Å². The molecule has 0 rings (SSSR count). The molecule has 0 aromatic heterocycles. The molecule has 0 atom stereocenters. The van der Waals surface area contributed by atoms with E-state index >= 15 is 0 Å². The average molecular weight is 159 g/mol. The maximum absolute atomic E-state index is 8.54. The first-order chi connectivity index (χ1) is 1.73. The summed E-state index contributed by atoms with van der Waals surface area (Å²) < 4.78 is 25.6. The first-order valence-corrected chi connectivity index (χ1v) is 2.06. The molecule has 0 aliphatic carbocycles. The fourth-order valence-electron chi connectivity index (χ4n) is 0. The van der Waals surface area contributed by atoms with Gasteiger partial charge in [-0.05, 0) is 0 Å². The van der Waals surface area contributed by atoms with E-state index in [9.17, 15) is 0 Å². The molecule has 0 N–H and O–H groups in total. The van der Waals surface area contributed by atoms with Crippen molar-refractivity contribution in [2.45, 2.75) is 0 Å². The fraction of sp³-hybridized carbons (Fsp3) is 0. The molecule has 0 saturated carbocycles. The molecule has 0 radical (unpaired) electrons. The van der Waals surface area contributed by atoms with Gasteiger partial charge in [0.05, 0.1) is 0 Å². The summed E-state index contributed by atoms with van der Waals surface area (Å²) in [6.45, 7) is 0. The van der Waals surface area contributed by atoms with E-state index in [0.717, 1.165) is 0 Å². The van der Waals surface area contributed by atoms with E-state index < -0.39 is 14.8 Å². The van der Waals surface area contributed by atoms with Gasteiger partial charge in [0.1, 0.15) is 0 Å². The molecule has 0 aliphatic rings. The van der Waals surface area contributed by atoms with E-state index in [1.54, 1.807) is 0 Å². The molecule has 0 aliphatic heterocycles. The molecule has 5 heteroatoms. The Morgan fingerprint density at radius 1 is 1.40 bits per heavy atom. The van der Waals surface area contributed by atoms with E-state index in [1.165, 1.54) is 0 Å². The van der Waals surface area contributed by atoms with E-state index in [-0.39, 0.29) is 16.5 Å². The monoisotopic (exact) mass is 158 g/mol. The van der Waals surface area contributed by atoms with Crippen molar-refractivity contribution in [1.82, 2.24) is 0 Å². The Kier molecular flexibility index (Phi) is 8.75. The van der Waals surface area contributed by atoms with E-state index in [4.69, 9.17) is 12.1 Å². The predicted molar refractivity (Wildman–Crippen MR) is 0.686 cm³/mol. The molecular weight excluding hydrogens is 159 g/mol. The molecule has 0 heterocycles. The first kappa shape index (κ1) is 9.22. The van der Waals surface area contributed by atoms with Gasteiger partial charge < -0.3 is 0 Å². The van der Waals surface area contributed by atoms with Crippen LogP contribution in [0.1, 0.15) is 0 Å². The second-order valence-corrected chi connectivity index (χ2v) is 0.842. The van der Waals surface area contributed by atoms with E-state index in [0.29, 0.717) is 0 Å². The summed E-state index contributed by atoms with van der Waals surface area (Å²) in [6.07, 6.45) is 0. The van der Waals surface area contributed by atoms with Gasteiger partial charge in [-0.1, -0.05) is 0 Å². The van der Waals surface area contributed by atoms with Gasteiger partial charge in [-0.25, -0.2) is 0 Å². The minimum absolute atomic E-state index is 0. The minimum atomic E-state index is -3.79. The van der Waals surface area contributed by atoms with Crippen LogP contribution in [0.2, 0.25) is 0 Å². The molecular formula is CrNiO3. The third-order valence-electron chi connectivity index (χ3n) is 0. The molecule has 0 unspecified atom stereocenters. The molecule has 0 aromatic carbocycles. The topological polar surface area (TPSA) is 63.2 Å². The second kappa shape index (κ2) is 4.75. The summed E-state index contributed by atoms with van der Waals surface area (Å²) in [7, 11) is 0. The molecule has 0 saturated heterocycles. The number of hydrogen-bond donors (Lipinski definition) is 0. The Labute approximate surface area is 43.8 Å². The SMILES string of the molecule is [Ni+2].[O]=[Cr]([O-])[O-]. The zero-order chi connectivity index (χ0) is 3.58. The van der Waals surface area contributed by atoms with Gasteiger partial charge in [-0.3, -0.25) is 0 Å². The average Bonchev–Trinajstić information content (AvgIpc) is 0.811.